The Morgan fingerprint density at radius 1 is 1.17 bits per heavy atom. The molecule has 0 bridgehead atoms. The summed E-state index contributed by atoms with van der Waals surface area (Å²) < 4.78 is 5.79. The third-order valence-electron chi connectivity index (χ3n) is 3.98. The molecule has 4 heteroatoms. The van der Waals surface area contributed by atoms with Crippen molar-refractivity contribution < 1.29 is 9.53 Å². The van der Waals surface area contributed by atoms with Crippen molar-refractivity contribution in [3.05, 3.63) is 60.2 Å². The third-order valence-corrected chi connectivity index (χ3v) is 3.98. The monoisotopic (exact) mass is 310 g/mol. The van der Waals surface area contributed by atoms with Crippen LogP contribution in [-0.2, 0) is 4.79 Å². The maximum atomic E-state index is 11.9. The molecule has 23 heavy (non-hydrogen) atoms. The lowest BCUT2D eigenvalue weighted by molar-refractivity contribution is -0.119. The van der Waals surface area contributed by atoms with E-state index in [0.717, 1.165) is 36.4 Å². The first-order valence-electron chi connectivity index (χ1n) is 8.14. The zero-order valence-corrected chi connectivity index (χ0v) is 13.4. The summed E-state index contributed by atoms with van der Waals surface area (Å²) in [5.41, 5.74) is 5.02. The summed E-state index contributed by atoms with van der Waals surface area (Å²) >= 11 is 0. The van der Waals surface area contributed by atoms with Gasteiger partial charge in [-0.1, -0.05) is 43.7 Å². The number of carbonyl (C=O) groups excluding carboxylic acids is 1. The molecule has 120 valence electrons. The number of carbonyl (C=O) groups is 1. The Bertz CT molecular complexity index is 657. The number of nitrogens with zero attached hydrogens (tertiary/aromatic N) is 1. The Labute approximate surface area is 137 Å². The predicted molar refractivity (Wildman–Crippen MR) is 91.3 cm³/mol. The molecule has 1 aliphatic heterocycles. The summed E-state index contributed by atoms with van der Waals surface area (Å²) in [7, 11) is 0. The number of anilines is 1. The van der Waals surface area contributed by atoms with E-state index in [1.54, 1.807) is 0 Å². The zero-order chi connectivity index (χ0) is 16.1. The lowest BCUT2D eigenvalue weighted by atomic mass is 10.0. The number of hydrogen-bond donors (Lipinski definition) is 1. The van der Waals surface area contributed by atoms with Crippen molar-refractivity contribution >= 4 is 11.6 Å². The molecule has 1 saturated heterocycles. The number of benzene rings is 2. The largest absolute Gasteiger partial charge is 0.494 e. The molecule has 1 unspecified atom stereocenters. The van der Waals surface area contributed by atoms with Crippen molar-refractivity contribution in [1.82, 2.24) is 5.43 Å². The highest BCUT2D eigenvalue weighted by atomic mass is 16.5. The molecule has 0 spiro atoms. The van der Waals surface area contributed by atoms with Crippen LogP contribution in [0, 0.1) is 0 Å². The highest BCUT2D eigenvalue weighted by Gasteiger charge is 2.31. The van der Waals surface area contributed by atoms with E-state index in [1.165, 1.54) is 0 Å². The molecular formula is C19H22N2O2. The fraction of sp³-hybridized carbons (Fsp3) is 0.316. The second-order valence-corrected chi connectivity index (χ2v) is 5.73. The quantitative estimate of drug-likeness (QED) is 0.824. The molecule has 0 aromatic heterocycles. The SMILES string of the molecule is CCCCOc1cccc(C2CC(=O)NN2c2ccccc2)c1. The van der Waals surface area contributed by atoms with Crippen LogP contribution < -0.4 is 15.2 Å². The average molecular weight is 310 g/mol. The van der Waals surface area contributed by atoms with Crippen molar-refractivity contribution in [3.8, 4) is 5.75 Å². The highest BCUT2D eigenvalue weighted by Crippen LogP contribution is 2.33. The smallest absolute Gasteiger partial charge is 0.241 e. The Morgan fingerprint density at radius 2 is 2.00 bits per heavy atom. The molecule has 2 aromatic rings. The molecule has 4 nitrogen and oxygen atoms in total. The summed E-state index contributed by atoms with van der Waals surface area (Å²) in [5, 5.41) is 1.94. The van der Waals surface area contributed by atoms with Crippen molar-refractivity contribution in [2.24, 2.45) is 0 Å². The van der Waals surface area contributed by atoms with Crippen LogP contribution in [0.15, 0.2) is 54.6 Å². The number of nitrogens with one attached hydrogen (secondary N) is 1. The maximum Gasteiger partial charge on any atom is 0.241 e. The van der Waals surface area contributed by atoms with Gasteiger partial charge in [0.1, 0.15) is 5.75 Å². The minimum absolute atomic E-state index is 0.0142. The van der Waals surface area contributed by atoms with Gasteiger partial charge in [0, 0.05) is 0 Å². The van der Waals surface area contributed by atoms with Gasteiger partial charge >= 0.3 is 0 Å². The number of hydrogen-bond acceptors (Lipinski definition) is 3. The predicted octanol–water partition coefficient (Wildman–Crippen LogP) is 3.85. The summed E-state index contributed by atoms with van der Waals surface area (Å²) in [6.07, 6.45) is 2.61. The Balaban J connectivity index is 1.81. The topological polar surface area (TPSA) is 41.6 Å². The highest BCUT2D eigenvalue weighted by molar-refractivity contribution is 5.83. The van der Waals surface area contributed by atoms with E-state index in [2.05, 4.69) is 12.3 Å². The molecule has 1 heterocycles. The van der Waals surface area contributed by atoms with Crippen LogP contribution in [0.4, 0.5) is 5.69 Å². The maximum absolute atomic E-state index is 11.9. The van der Waals surface area contributed by atoms with Crippen LogP contribution in [0.25, 0.3) is 0 Å². The summed E-state index contributed by atoms with van der Waals surface area (Å²) in [4.78, 5) is 11.9. The van der Waals surface area contributed by atoms with Crippen LogP contribution in [0.2, 0.25) is 0 Å². The second kappa shape index (κ2) is 7.18. The molecule has 3 rings (SSSR count). The van der Waals surface area contributed by atoms with Crippen molar-refractivity contribution in [1.29, 1.82) is 0 Å². The van der Waals surface area contributed by atoms with Crippen LogP contribution in [0.5, 0.6) is 5.75 Å². The molecule has 1 amide bonds. The van der Waals surface area contributed by atoms with Crippen LogP contribution >= 0.6 is 0 Å². The number of para-hydroxylation sites is 1. The number of hydrazine groups is 1. The van der Waals surface area contributed by atoms with Gasteiger partial charge in [-0.2, -0.15) is 0 Å². The average Bonchev–Trinajstić information content (AvgIpc) is 2.98. The van der Waals surface area contributed by atoms with Crippen molar-refractivity contribution in [2.45, 2.75) is 32.2 Å². The summed E-state index contributed by atoms with van der Waals surface area (Å²) in [6, 6.07) is 17.9. The molecular weight excluding hydrogens is 288 g/mol. The number of unbranched alkanes of at least 4 members (excludes halogenated alkanes) is 1. The van der Waals surface area contributed by atoms with E-state index < -0.39 is 0 Å². The molecule has 0 aliphatic carbocycles. The Morgan fingerprint density at radius 3 is 2.78 bits per heavy atom. The minimum Gasteiger partial charge on any atom is -0.494 e. The van der Waals surface area contributed by atoms with Crippen LogP contribution in [-0.4, -0.2) is 12.5 Å². The van der Waals surface area contributed by atoms with E-state index in [-0.39, 0.29) is 11.9 Å². The van der Waals surface area contributed by atoms with E-state index in [4.69, 9.17) is 4.74 Å². The fourth-order valence-corrected chi connectivity index (χ4v) is 2.77. The fourth-order valence-electron chi connectivity index (χ4n) is 2.77. The standard InChI is InChI=1S/C19H22N2O2/c1-2-3-12-23-17-11-7-8-15(13-17)18-14-19(22)20-21(18)16-9-5-4-6-10-16/h4-11,13,18H,2-3,12,14H2,1H3,(H,20,22). The van der Waals surface area contributed by atoms with Gasteiger partial charge in [0.25, 0.3) is 0 Å². The van der Waals surface area contributed by atoms with Crippen molar-refractivity contribution in [2.75, 3.05) is 11.6 Å². The first-order chi connectivity index (χ1) is 11.3. The van der Waals surface area contributed by atoms with E-state index in [1.807, 2.05) is 59.6 Å². The van der Waals surface area contributed by atoms with Crippen molar-refractivity contribution in [3.63, 3.8) is 0 Å². The van der Waals surface area contributed by atoms with Gasteiger partial charge in [-0.05, 0) is 36.2 Å². The van der Waals surface area contributed by atoms with Crippen LogP contribution in [0.3, 0.4) is 0 Å². The van der Waals surface area contributed by atoms with Gasteiger partial charge in [-0.15, -0.1) is 0 Å². The van der Waals surface area contributed by atoms with E-state index >= 15 is 0 Å². The first-order valence-corrected chi connectivity index (χ1v) is 8.14. The zero-order valence-electron chi connectivity index (χ0n) is 13.4. The second-order valence-electron chi connectivity index (χ2n) is 5.73. The molecule has 1 N–H and O–H groups in total. The number of amides is 1. The van der Waals surface area contributed by atoms with Gasteiger partial charge in [-0.25, -0.2) is 0 Å². The van der Waals surface area contributed by atoms with Gasteiger partial charge in [0.05, 0.1) is 24.8 Å². The van der Waals surface area contributed by atoms with E-state index in [0.29, 0.717) is 6.42 Å². The first kappa shape index (κ1) is 15.4. The number of ether oxygens (including phenoxy) is 1. The lowest BCUT2D eigenvalue weighted by Gasteiger charge is -2.26. The molecule has 0 saturated carbocycles. The van der Waals surface area contributed by atoms with Gasteiger partial charge < -0.3 is 4.74 Å². The molecule has 1 fully saturated rings. The molecule has 1 aliphatic rings. The van der Waals surface area contributed by atoms with E-state index in [9.17, 15) is 4.79 Å². The summed E-state index contributed by atoms with van der Waals surface area (Å²) in [5.74, 6) is 0.902. The van der Waals surface area contributed by atoms with Gasteiger partial charge in [0.2, 0.25) is 5.91 Å². The molecule has 0 radical (unpaired) electrons. The molecule has 2 aromatic carbocycles. The lowest BCUT2D eigenvalue weighted by Crippen LogP contribution is -2.34. The van der Waals surface area contributed by atoms with Crippen LogP contribution in [0.1, 0.15) is 37.8 Å². The number of rotatable bonds is 6. The summed E-state index contributed by atoms with van der Waals surface area (Å²) in [6.45, 7) is 2.87. The normalized spacial score (nSPS) is 17.2. The Hall–Kier alpha value is -2.49. The van der Waals surface area contributed by atoms with Gasteiger partial charge in [0.15, 0.2) is 0 Å². The molecule has 1 atom stereocenters. The van der Waals surface area contributed by atoms with Gasteiger partial charge in [-0.3, -0.25) is 15.2 Å². The Kier molecular flexibility index (Phi) is 4.81. The third kappa shape index (κ3) is 3.65. The minimum atomic E-state index is -0.0142.